The number of carbonyl (C=O) groups excluding carboxylic acids is 1. The standard InChI is InChI=1S/C17H31N5O5S/c1-13-8-22(14(2)11-23)17(24)6-5-7-21-9-15(18-19-21)12-27-16(13)10-20(3)28(4,25)26/h9,13-14,16,23H,5-8,10-12H2,1-4H3/t13-,14+,16+/m1/s1. The number of aliphatic hydroxyl groups is 1. The van der Waals surface area contributed by atoms with Crippen LogP contribution in [0.5, 0.6) is 0 Å². The molecular weight excluding hydrogens is 386 g/mol. The number of likely N-dealkylation sites (N-methyl/N-ethyl adjacent to an activating group) is 1. The predicted molar refractivity (Wildman–Crippen MR) is 103 cm³/mol. The number of aliphatic hydroxyl groups excluding tert-OH is 1. The molecule has 160 valence electrons. The van der Waals surface area contributed by atoms with Gasteiger partial charge in [0.15, 0.2) is 0 Å². The van der Waals surface area contributed by atoms with Gasteiger partial charge in [-0.2, -0.15) is 0 Å². The Balaban J connectivity index is 2.27. The molecule has 0 fully saturated rings. The van der Waals surface area contributed by atoms with Crippen LogP contribution in [0.3, 0.4) is 0 Å². The predicted octanol–water partition coefficient (Wildman–Crippen LogP) is -0.306. The van der Waals surface area contributed by atoms with E-state index in [1.54, 1.807) is 22.7 Å². The number of carbonyl (C=O) groups is 1. The highest BCUT2D eigenvalue weighted by Gasteiger charge is 2.29. The molecular formula is C17H31N5O5S. The van der Waals surface area contributed by atoms with Gasteiger partial charge >= 0.3 is 0 Å². The van der Waals surface area contributed by atoms with Crippen molar-refractivity contribution in [1.29, 1.82) is 0 Å². The SMILES string of the molecule is C[C@@H]1CN([C@@H](C)CO)C(=O)CCCn2cc(nn2)CO[C@H]1CN(C)S(C)(=O)=O. The number of hydrogen-bond acceptors (Lipinski definition) is 7. The molecule has 3 atom stereocenters. The molecule has 1 aliphatic heterocycles. The van der Waals surface area contributed by atoms with Crippen molar-refractivity contribution >= 4 is 15.9 Å². The van der Waals surface area contributed by atoms with E-state index in [2.05, 4.69) is 10.3 Å². The zero-order valence-electron chi connectivity index (χ0n) is 17.0. The number of sulfonamides is 1. The van der Waals surface area contributed by atoms with Crippen LogP contribution in [-0.2, 0) is 32.7 Å². The molecule has 0 aromatic carbocycles. The Kier molecular flexibility index (Phi) is 7.93. The molecule has 10 nitrogen and oxygen atoms in total. The first-order chi connectivity index (χ1) is 13.1. The van der Waals surface area contributed by atoms with Gasteiger partial charge < -0.3 is 14.7 Å². The van der Waals surface area contributed by atoms with Crippen molar-refractivity contribution in [1.82, 2.24) is 24.2 Å². The van der Waals surface area contributed by atoms with E-state index in [1.165, 1.54) is 11.4 Å². The monoisotopic (exact) mass is 417 g/mol. The van der Waals surface area contributed by atoms with Gasteiger partial charge in [-0.3, -0.25) is 9.48 Å². The minimum Gasteiger partial charge on any atom is -0.394 e. The van der Waals surface area contributed by atoms with E-state index < -0.39 is 16.1 Å². The van der Waals surface area contributed by atoms with Crippen LogP contribution < -0.4 is 0 Å². The summed E-state index contributed by atoms with van der Waals surface area (Å²) in [4.78, 5) is 14.4. The van der Waals surface area contributed by atoms with E-state index in [0.29, 0.717) is 31.6 Å². The lowest BCUT2D eigenvalue weighted by Crippen LogP contribution is -2.47. The van der Waals surface area contributed by atoms with Crippen molar-refractivity contribution in [3.05, 3.63) is 11.9 Å². The molecule has 0 spiro atoms. The number of hydrogen-bond donors (Lipinski definition) is 1. The number of aryl methyl sites for hydroxylation is 1. The molecule has 1 amide bonds. The third-order valence-electron chi connectivity index (χ3n) is 5.05. The van der Waals surface area contributed by atoms with Gasteiger partial charge in [0, 0.05) is 39.0 Å². The van der Waals surface area contributed by atoms with Gasteiger partial charge in [-0.1, -0.05) is 12.1 Å². The molecule has 0 unspecified atom stereocenters. The van der Waals surface area contributed by atoms with Gasteiger partial charge in [0.2, 0.25) is 15.9 Å². The first-order valence-corrected chi connectivity index (χ1v) is 11.3. The summed E-state index contributed by atoms with van der Waals surface area (Å²) < 4.78 is 32.6. The Bertz CT molecular complexity index is 753. The summed E-state index contributed by atoms with van der Waals surface area (Å²) in [6, 6.07) is -0.328. The molecule has 0 saturated heterocycles. The second kappa shape index (κ2) is 9.77. The summed E-state index contributed by atoms with van der Waals surface area (Å²) >= 11 is 0. The Morgan fingerprint density at radius 2 is 2.18 bits per heavy atom. The molecule has 1 aromatic rings. The largest absolute Gasteiger partial charge is 0.394 e. The third-order valence-corrected chi connectivity index (χ3v) is 6.33. The number of nitrogens with zero attached hydrogens (tertiary/aromatic N) is 5. The van der Waals surface area contributed by atoms with E-state index in [4.69, 9.17) is 4.74 Å². The average Bonchev–Trinajstić information content (AvgIpc) is 3.08. The topological polar surface area (TPSA) is 118 Å². The lowest BCUT2D eigenvalue weighted by Gasteiger charge is -2.34. The average molecular weight is 418 g/mol. The minimum atomic E-state index is -3.37. The summed E-state index contributed by atoms with van der Waals surface area (Å²) in [6.07, 6.45) is 3.42. The Labute approximate surface area is 166 Å². The van der Waals surface area contributed by atoms with Crippen LogP contribution >= 0.6 is 0 Å². The number of rotatable bonds is 5. The van der Waals surface area contributed by atoms with Crippen LogP contribution in [0.1, 0.15) is 32.4 Å². The molecule has 1 aliphatic rings. The normalized spacial score (nSPS) is 23.8. The summed E-state index contributed by atoms with van der Waals surface area (Å²) in [5.74, 6) is -0.207. The van der Waals surface area contributed by atoms with Crippen LogP contribution in [0, 0.1) is 5.92 Å². The van der Waals surface area contributed by atoms with E-state index in [1.807, 2.05) is 6.92 Å². The van der Waals surface area contributed by atoms with E-state index in [-0.39, 0.29) is 37.6 Å². The lowest BCUT2D eigenvalue weighted by molar-refractivity contribution is -0.136. The van der Waals surface area contributed by atoms with Gasteiger partial charge in [0.05, 0.1) is 37.8 Å². The molecule has 0 aliphatic carbocycles. The van der Waals surface area contributed by atoms with Gasteiger partial charge in [-0.15, -0.1) is 5.10 Å². The second-order valence-electron chi connectivity index (χ2n) is 7.52. The molecule has 28 heavy (non-hydrogen) atoms. The van der Waals surface area contributed by atoms with Crippen molar-refractivity contribution in [2.45, 2.75) is 52.0 Å². The quantitative estimate of drug-likeness (QED) is 0.698. The summed E-state index contributed by atoms with van der Waals surface area (Å²) in [5, 5.41) is 17.7. The Morgan fingerprint density at radius 1 is 1.46 bits per heavy atom. The van der Waals surface area contributed by atoms with E-state index in [0.717, 1.165) is 6.26 Å². The molecule has 1 aromatic heterocycles. The summed E-state index contributed by atoms with van der Waals surface area (Å²) in [6.45, 7) is 4.87. The van der Waals surface area contributed by atoms with Crippen LogP contribution in [0.15, 0.2) is 6.20 Å². The molecule has 2 bridgehead atoms. The van der Waals surface area contributed by atoms with E-state index >= 15 is 0 Å². The molecule has 2 heterocycles. The highest BCUT2D eigenvalue weighted by molar-refractivity contribution is 7.88. The Morgan fingerprint density at radius 3 is 2.82 bits per heavy atom. The number of fused-ring (bicyclic) bond motifs is 2. The number of amides is 1. The molecule has 0 saturated carbocycles. The summed E-state index contributed by atoms with van der Waals surface area (Å²) in [7, 11) is -1.87. The fourth-order valence-electron chi connectivity index (χ4n) is 3.08. The molecule has 1 N–H and O–H groups in total. The van der Waals surface area contributed by atoms with Crippen molar-refractivity contribution in [3.63, 3.8) is 0 Å². The smallest absolute Gasteiger partial charge is 0.222 e. The van der Waals surface area contributed by atoms with Crippen LogP contribution in [-0.4, -0.2) is 88.8 Å². The fraction of sp³-hybridized carbons (Fsp3) is 0.824. The zero-order valence-corrected chi connectivity index (χ0v) is 17.8. The first kappa shape index (κ1) is 22.7. The van der Waals surface area contributed by atoms with Crippen molar-refractivity contribution in [2.24, 2.45) is 5.92 Å². The van der Waals surface area contributed by atoms with Gasteiger partial charge in [0.25, 0.3) is 0 Å². The lowest BCUT2D eigenvalue weighted by atomic mass is 10.0. The van der Waals surface area contributed by atoms with Crippen LogP contribution in [0.2, 0.25) is 0 Å². The zero-order chi connectivity index (χ0) is 20.9. The maximum absolute atomic E-state index is 12.7. The van der Waals surface area contributed by atoms with Crippen LogP contribution in [0.4, 0.5) is 0 Å². The van der Waals surface area contributed by atoms with Crippen molar-refractivity contribution in [2.75, 3.05) is 33.0 Å². The second-order valence-corrected chi connectivity index (χ2v) is 9.61. The van der Waals surface area contributed by atoms with Gasteiger partial charge in [0.1, 0.15) is 5.69 Å². The Hall–Kier alpha value is -1.56. The minimum absolute atomic E-state index is 0.0526. The first-order valence-electron chi connectivity index (χ1n) is 9.44. The fourth-order valence-corrected chi connectivity index (χ4v) is 3.50. The number of ether oxygens (including phenoxy) is 1. The van der Waals surface area contributed by atoms with Gasteiger partial charge in [-0.25, -0.2) is 12.7 Å². The van der Waals surface area contributed by atoms with Crippen LogP contribution in [0.25, 0.3) is 0 Å². The van der Waals surface area contributed by atoms with E-state index in [9.17, 15) is 18.3 Å². The van der Waals surface area contributed by atoms with Crippen molar-refractivity contribution in [3.8, 4) is 0 Å². The number of aromatic nitrogens is 3. The maximum atomic E-state index is 12.7. The molecule has 11 heteroatoms. The third kappa shape index (κ3) is 6.23. The van der Waals surface area contributed by atoms with Gasteiger partial charge in [-0.05, 0) is 13.3 Å². The summed E-state index contributed by atoms with van der Waals surface area (Å²) in [5.41, 5.74) is 0.658. The molecule has 0 radical (unpaired) electrons. The van der Waals surface area contributed by atoms with Crippen molar-refractivity contribution < 1.29 is 23.1 Å². The molecule has 2 rings (SSSR count). The maximum Gasteiger partial charge on any atom is 0.222 e. The highest BCUT2D eigenvalue weighted by Crippen LogP contribution is 2.18. The highest BCUT2D eigenvalue weighted by atomic mass is 32.2.